The maximum Gasteiger partial charge on any atom is 0.338 e. The molecule has 1 N–H and O–H groups in total. The summed E-state index contributed by atoms with van der Waals surface area (Å²) in [6, 6.07) is 16.8. The van der Waals surface area contributed by atoms with Crippen molar-refractivity contribution in [3.05, 3.63) is 77.9 Å². The Morgan fingerprint density at radius 1 is 1.11 bits per heavy atom. The summed E-state index contributed by atoms with van der Waals surface area (Å²) < 4.78 is 29.7. The van der Waals surface area contributed by atoms with Gasteiger partial charge >= 0.3 is 5.97 Å². The first-order valence-corrected chi connectivity index (χ1v) is 13.0. The lowest BCUT2D eigenvalue weighted by Crippen LogP contribution is -2.38. The van der Waals surface area contributed by atoms with E-state index >= 15 is 0 Å². The molecule has 1 heterocycles. The van der Waals surface area contributed by atoms with E-state index in [1.165, 1.54) is 0 Å². The Bertz CT molecular complexity index is 1020. The first-order chi connectivity index (χ1) is 17.9. The van der Waals surface area contributed by atoms with Gasteiger partial charge in [0.15, 0.2) is 5.79 Å². The second-order valence-corrected chi connectivity index (χ2v) is 10.1. The molecular formula is C30H38O7. The van der Waals surface area contributed by atoms with Crippen molar-refractivity contribution < 1.29 is 33.6 Å². The van der Waals surface area contributed by atoms with E-state index in [0.29, 0.717) is 18.6 Å². The van der Waals surface area contributed by atoms with Crippen LogP contribution in [0.1, 0.15) is 55.5 Å². The molecule has 7 nitrogen and oxygen atoms in total. The highest BCUT2D eigenvalue weighted by Gasteiger charge is 2.45. The number of ether oxygens (including phenoxy) is 5. The molecule has 5 atom stereocenters. The minimum Gasteiger partial charge on any atom is -0.497 e. The Kier molecular flexibility index (Phi) is 9.38. The highest BCUT2D eigenvalue weighted by Crippen LogP contribution is 2.35. The third kappa shape index (κ3) is 7.42. The molecule has 200 valence electrons. The zero-order valence-corrected chi connectivity index (χ0v) is 21.9. The van der Waals surface area contributed by atoms with E-state index in [4.69, 9.17) is 23.7 Å². The van der Waals surface area contributed by atoms with Gasteiger partial charge < -0.3 is 28.8 Å². The quantitative estimate of drug-likeness (QED) is 0.334. The number of aliphatic hydroxyl groups is 1. The minimum atomic E-state index is -0.840. The van der Waals surface area contributed by atoms with Crippen LogP contribution in [0.15, 0.2) is 66.7 Å². The fourth-order valence-corrected chi connectivity index (χ4v) is 5.03. The number of rotatable bonds is 11. The smallest absolute Gasteiger partial charge is 0.338 e. The number of carbonyl (C=O) groups is 1. The Hall–Kier alpha value is -2.71. The first kappa shape index (κ1) is 27.3. The minimum absolute atomic E-state index is 0.0480. The molecule has 1 aliphatic carbocycles. The zero-order valence-electron chi connectivity index (χ0n) is 21.9. The van der Waals surface area contributed by atoms with Crippen molar-refractivity contribution in [3.63, 3.8) is 0 Å². The standard InChI is InChI=1S/C30H38O7/c1-30(2)36-27(18-19-31)28(37-30)26(35-29(32)23-8-5-4-6-9-23)17-14-22-10-7-11-25(22)34-20-21-12-15-24(33-3)16-13-21/h4-6,8-9,12-17,22,25-28,31H,7,10-11,18-20H2,1-3H3/t22-,25-,26?,27?,28?/m1/s1. The van der Waals surface area contributed by atoms with Gasteiger partial charge in [0.1, 0.15) is 18.0 Å². The van der Waals surface area contributed by atoms with Crippen LogP contribution in [0.4, 0.5) is 0 Å². The average molecular weight is 511 g/mol. The Balaban J connectivity index is 1.47. The van der Waals surface area contributed by atoms with Crippen LogP contribution in [0.25, 0.3) is 0 Å². The highest BCUT2D eigenvalue weighted by atomic mass is 16.8. The van der Waals surface area contributed by atoms with Gasteiger partial charge in [-0.3, -0.25) is 0 Å². The molecule has 0 radical (unpaired) electrons. The largest absolute Gasteiger partial charge is 0.497 e. The summed E-state index contributed by atoms with van der Waals surface area (Å²) in [6.45, 7) is 4.14. The van der Waals surface area contributed by atoms with Crippen molar-refractivity contribution in [2.45, 2.75) is 76.3 Å². The Morgan fingerprint density at radius 2 is 1.86 bits per heavy atom. The normalized spacial score (nSPS) is 25.8. The molecule has 2 aliphatic rings. The summed E-state index contributed by atoms with van der Waals surface area (Å²) in [6.07, 6.45) is 5.91. The number of aliphatic hydroxyl groups excluding tert-OH is 1. The van der Waals surface area contributed by atoms with Gasteiger partial charge in [0.2, 0.25) is 0 Å². The van der Waals surface area contributed by atoms with Crippen LogP contribution < -0.4 is 4.74 Å². The van der Waals surface area contributed by atoms with E-state index in [2.05, 4.69) is 6.08 Å². The van der Waals surface area contributed by atoms with Crippen LogP contribution in [0.3, 0.4) is 0 Å². The summed E-state index contributed by atoms with van der Waals surface area (Å²) in [5, 5.41) is 9.59. The number of benzene rings is 2. The Morgan fingerprint density at radius 3 is 2.57 bits per heavy atom. The fourth-order valence-electron chi connectivity index (χ4n) is 5.03. The molecule has 0 amide bonds. The number of esters is 1. The number of methoxy groups -OCH3 is 1. The SMILES string of the molecule is COc1ccc(CO[C@@H]2CCC[C@@H]2C=CC(OC(=O)c2ccccc2)C2OC(C)(C)OC2CCO)cc1. The molecule has 7 heteroatoms. The van der Waals surface area contributed by atoms with Gasteiger partial charge in [-0.2, -0.15) is 0 Å². The summed E-state index contributed by atoms with van der Waals surface area (Å²) >= 11 is 0. The molecule has 37 heavy (non-hydrogen) atoms. The van der Waals surface area contributed by atoms with Gasteiger partial charge in [-0.05, 0) is 69.0 Å². The van der Waals surface area contributed by atoms with E-state index in [-0.39, 0.29) is 18.6 Å². The third-order valence-electron chi connectivity index (χ3n) is 6.89. The molecule has 1 saturated heterocycles. The molecule has 0 bridgehead atoms. The highest BCUT2D eigenvalue weighted by molar-refractivity contribution is 5.89. The maximum absolute atomic E-state index is 13.0. The zero-order chi connectivity index (χ0) is 26.3. The molecule has 2 fully saturated rings. The van der Waals surface area contributed by atoms with Gasteiger partial charge in [0, 0.05) is 12.5 Å². The van der Waals surface area contributed by atoms with Gasteiger partial charge in [0.05, 0.1) is 31.5 Å². The molecule has 1 saturated carbocycles. The maximum atomic E-state index is 13.0. The van der Waals surface area contributed by atoms with Gasteiger partial charge in [-0.1, -0.05) is 42.8 Å². The predicted molar refractivity (Wildman–Crippen MR) is 139 cm³/mol. The van der Waals surface area contributed by atoms with Gasteiger partial charge in [0.25, 0.3) is 0 Å². The molecule has 0 aromatic heterocycles. The van der Waals surface area contributed by atoms with Crippen LogP contribution >= 0.6 is 0 Å². The lowest BCUT2D eigenvalue weighted by Gasteiger charge is -2.25. The molecule has 4 rings (SSSR count). The van der Waals surface area contributed by atoms with Crippen molar-refractivity contribution in [2.24, 2.45) is 5.92 Å². The summed E-state index contributed by atoms with van der Waals surface area (Å²) in [5.41, 5.74) is 1.56. The summed E-state index contributed by atoms with van der Waals surface area (Å²) in [5.74, 6) is -0.247. The van der Waals surface area contributed by atoms with Crippen LogP contribution in [-0.4, -0.2) is 55.0 Å². The van der Waals surface area contributed by atoms with Crippen molar-refractivity contribution >= 4 is 5.97 Å². The molecule has 1 aliphatic heterocycles. The summed E-state index contributed by atoms with van der Waals surface area (Å²) in [7, 11) is 1.65. The van der Waals surface area contributed by atoms with Gasteiger partial charge in [-0.15, -0.1) is 0 Å². The van der Waals surface area contributed by atoms with E-state index in [0.717, 1.165) is 30.6 Å². The van der Waals surface area contributed by atoms with E-state index in [1.807, 2.05) is 50.3 Å². The van der Waals surface area contributed by atoms with E-state index in [1.54, 1.807) is 31.4 Å². The first-order valence-electron chi connectivity index (χ1n) is 13.0. The lowest BCUT2D eigenvalue weighted by molar-refractivity contribution is -0.153. The molecule has 2 aromatic rings. The topological polar surface area (TPSA) is 83.5 Å². The van der Waals surface area contributed by atoms with Crippen molar-refractivity contribution in [1.82, 2.24) is 0 Å². The monoisotopic (exact) mass is 510 g/mol. The second-order valence-electron chi connectivity index (χ2n) is 10.1. The van der Waals surface area contributed by atoms with Crippen LogP contribution in [0.2, 0.25) is 0 Å². The molecule has 2 aromatic carbocycles. The number of carbonyl (C=O) groups excluding carboxylic acids is 1. The van der Waals surface area contributed by atoms with Crippen molar-refractivity contribution in [1.29, 1.82) is 0 Å². The Labute approximate surface area is 219 Å². The number of hydrogen-bond donors (Lipinski definition) is 1. The van der Waals surface area contributed by atoms with Crippen LogP contribution in [0.5, 0.6) is 5.75 Å². The fraction of sp³-hybridized carbons (Fsp3) is 0.500. The molecule has 3 unspecified atom stereocenters. The van der Waals surface area contributed by atoms with Crippen LogP contribution in [-0.2, 0) is 25.6 Å². The second kappa shape index (κ2) is 12.7. The molecule has 0 spiro atoms. The lowest BCUT2D eigenvalue weighted by atomic mass is 10.0. The van der Waals surface area contributed by atoms with Crippen LogP contribution in [0, 0.1) is 5.92 Å². The number of hydrogen-bond acceptors (Lipinski definition) is 7. The average Bonchev–Trinajstić information content (AvgIpc) is 3.48. The predicted octanol–water partition coefficient (Wildman–Crippen LogP) is 5.06. The molecular weight excluding hydrogens is 472 g/mol. The third-order valence-corrected chi connectivity index (χ3v) is 6.89. The summed E-state index contributed by atoms with van der Waals surface area (Å²) in [4.78, 5) is 13.0. The van der Waals surface area contributed by atoms with Crippen molar-refractivity contribution in [2.75, 3.05) is 13.7 Å². The van der Waals surface area contributed by atoms with E-state index in [9.17, 15) is 9.90 Å². The van der Waals surface area contributed by atoms with Gasteiger partial charge in [-0.25, -0.2) is 4.79 Å². The van der Waals surface area contributed by atoms with E-state index < -0.39 is 30.1 Å². The van der Waals surface area contributed by atoms with Crippen molar-refractivity contribution in [3.8, 4) is 5.75 Å².